The first-order chi connectivity index (χ1) is 13.0. The molecule has 0 aliphatic rings. The number of nitrogens with zero attached hydrogens (tertiary/aromatic N) is 1. The molecule has 0 unspecified atom stereocenters. The SMILES string of the molecule is Cc1ccccc1NC(=O)CN(Cc1ccco1)S(=O)(=O)c1ccccc1. The summed E-state index contributed by atoms with van der Waals surface area (Å²) in [6.45, 7) is 1.51. The van der Waals surface area contributed by atoms with Gasteiger partial charge in [0.25, 0.3) is 0 Å². The number of furan rings is 1. The lowest BCUT2D eigenvalue weighted by Gasteiger charge is -2.21. The van der Waals surface area contributed by atoms with Crippen LogP contribution in [0.4, 0.5) is 5.69 Å². The number of nitrogens with one attached hydrogen (secondary N) is 1. The van der Waals surface area contributed by atoms with Crippen LogP contribution in [0.5, 0.6) is 0 Å². The monoisotopic (exact) mass is 384 g/mol. The Hall–Kier alpha value is -2.90. The summed E-state index contributed by atoms with van der Waals surface area (Å²) in [5, 5.41) is 2.77. The summed E-state index contributed by atoms with van der Waals surface area (Å²) in [4.78, 5) is 12.7. The number of amides is 1. The van der Waals surface area contributed by atoms with Crippen LogP contribution in [-0.2, 0) is 21.4 Å². The number of sulfonamides is 1. The smallest absolute Gasteiger partial charge is 0.243 e. The van der Waals surface area contributed by atoms with Crippen LogP contribution in [0, 0.1) is 6.92 Å². The standard InChI is InChI=1S/C20H20N2O4S/c1-16-8-5-6-12-19(16)21-20(23)15-22(14-17-9-7-13-26-17)27(24,25)18-10-3-2-4-11-18/h2-13H,14-15H2,1H3,(H,21,23). The number of para-hydroxylation sites is 1. The summed E-state index contributed by atoms with van der Waals surface area (Å²) in [6.07, 6.45) is 1.47. The Labute approximate surface area is 158 Å². The van der Waals surface area contributed by atoms with Gasteiger partial charge in [0, 0.05) is 5.69 Å². The molecule has 1 heterocycles. The highest BCUT2D eigenvalue weighted by Gasteiger charge is 2.27. The fourth-order valence-corrected chi connectivity index (χ4v) is 3.99. The molecule has 0 aliphatic heterocycles. The number of aryl methyl sites for hydroxylation is 1. The van der Waals surface area contributed by atoms with Gasteiger partial charge in [0.2, 0.25) is 15.9 Å². The van der Waals surface area contributed by atoms with E-state index in [2.05, 4.69) is 5.32 Å². The molecule has 0 saturated heterocycles. The van der Waals surface area contributed by atoms with Crippen LogP contribution in [0.25, 0.3) is 0 Å². The van der Waals surface area contributed by atoms with Crippen LogP contribution >= 0.6 is 0 Å². The zero-order valence-electron chi connectivity index (χ0n) is 14.8. The normalized spacial score (nSPS) is 11.5. The summed E-state index contributed by atoms with van der Waals surface area (Å²) in [6, 6.07) is 18.7. The number of carbonyl (C=O) groups excluding carboxylic acids is 1. The molecule has 0 spiro atoms. The maximum atomic E-state index is 13.0. The molecule has 2 aromatic carbocycles. The Bertz CT molecular complexity index is 999. The highest BCUT2D eigenvalue weighted by Crippen LogP contribution is 2.19. The first-order valence-corrected chi connectivity index (χ1v) is 9.84. The van der Waals surface area contributed by atoms with Crippen molar-refractivity contribution in [3.05, 3.63) is 84.3 Å². The van der Waals surface area contributed by atoms with Gasteiger partial charge in [-0.2, -0.15) is 4.31 Å². The van der Waals surface area contributed by atoms with E-state index in [9.17, 15) is 13.2 Å². The van der Waals surface area contributed by atoms with Gasteiger partial charge in [-0.15, -0.1) is 0 Å². The lowest BCUT2D eigenvalue weighted by molar-refractivity contribution is -0.116. The van der Waals surface area contributed by atoms with Crippen molar-refractivity contribution in [2.45, 2.75) is 18.4 Å². The van der Waals surface area contributed by atoms with E-state index >= 15 is 0 Å². The molecule has 140 valence electrons. The molecule has 0 aliphatic carbocycles. The highest BCUT2D eigenvalue weighted by molar-refractivity contribution is 7.89. The van der Waals surface area contributed by atoms with E-state index in [1.807, 2.05) is 25.1 Å². The zero-order valence-corrected chi connectivity index (χ0v) is 15.6. The Morgan fingerprint density at radius 2 is 1.70 bits per heavy atom. The second-order valence-corrected chi connectivity index (χ2v) is 7.97. The molecule has 0 bridgehead atoms. The van der Waals surface area contributed by atoms with E-state index in [4.69, 9.17) is 4.42 Å². The van der Waals surface area contributed by atoms with Crippen molar-refractivity contribution in [2.75, 3.05) is 11.9 Å². The molecule has 6 nitrogen and oxygen atoms in total. The minimum atomic E-state index is -3.86. The number of anilines is 1. The Morgan fingerprint density at radius 3 is 2.37 bits per heavy atom. The molecule has 3 rings (SSSR count). The van der Waals surface area contributed by atoms with Gasteiger partial charge in [-0.25, -0.2) is 8.42 Å². The summed E-state index contributed by atoms with van der Waals surface area (Å²) in [5.74, 6) is 0.0357. The topological polar surface area (TPSA) is 79.6 Å². The molecule has 0 saturated carbocycles. The molecule has 0 fully saturated rings. The molecule has 1 amide bonds. The van der Waals surface area contributed by atoms with Gasteiger partial charge in [0.05, 0.1) is 24.2 Å². The third-order valence-electron chi connectivity index (χ3n) is 4.03. The highest BCUT2D eigenvalue weighted by atomic mass is 32.2. The average Bonchev–Trinajstić information content (AvgIpc) is 3.17. The number of hydrogen-bond acceptors (Lipinski definition) is 4. The second-order valence-electron chi connectivity index (χ2n) is 6.03. The fourth-order valence-electron chi connectivity index (χ4n) is 2.61. The van der Waals surface area contributed by atoms with E-state index in [1.54, 1.807) is 36.4 Å². The van der Waals surface area contributed by atoms with Crippen LogP contribution in [0.2, 0.25) is 0 Å². The predicted octanol–water partition coefficient (Wildman–Crippen LogP) is 3.42. The number of benzene rings is 2. The zero-order chi connectivity index (χ0) is 19.3. The summed E-state index contributed by atoms with van der Waals surface area (Å²) >= 11 is 0. The molecular weight excluding hydrogens is 364 g/mol. The minimum absolute atomic E-state index is 0.0363. The Morgan fingerprint density at radius 1 is 1.00 bits per heavy atom. The summed E-state index contributed by atoms with van der Waals surface area (Å²) in [5.41, 5.74) is 1.55. The molecule has 1 aromatic heterocycles. The predicted molar refractivity (Wildman–Crippen MR) is 103 cm³/mol. The van der Waals surface area contributed by atoms with Crippen LogP contribution in [-0.4, -0.2) is 25.2 Å². The van der Waals surface area contributed by atoms with Crippen LogP contribution in [0.3, 0.4) is 0 Å². The van der Waals surface area contributed by atoms with E-state index in [1.165, 1.54) is 18.4 Å². The van der Waals surface area contributed by atoms with Crippen molar-refractivity contribution >= 4 is 21.6 Å². The Kier molecular flexibility index (Phi) is 5.73. The van der Waals surface area contributed by atoms with E-state index in [0.717, 1.165) is 9.87 Å². The fraction of sp³-hybridized carbons (Fsp3) is 0.150. The van der Waals surface area contributed by atoms with Crippen molar-refractivity contribution < 1.29 is 17.6 Å². The lowest BCUT2D eigenvalue weighted by Crippen LogP contribution is -2.37. The van der Waals surface area contributed by atoms with E-state index < -0.39 is 15.9 Å². The maximum Gasteiger partial charge on any atom is 0.243 e. The van der Waals surface area contributed by atoms with Crippen LogP contribution in [0.1, 0.15) is 11.3 Å². The Balaban J connectivity index is 1.84. The molecule has 27 heavy (non-hydrogen) atoms. The number of hydrogen-bond donors (Lipinski definition) is 1. The number of rotatable bonds is 7. The molecule has 0 atom stereocenters. The van der Waals surface area contributed by atoms with Crippen LogP contribution in [0.15, 0.2) is 82.3 Å². The first-order valence-electron chi connectivity index (χ1n) is 8.40. The maximum absolute atomic E-state index is 13.0. The molecular formula is C20H20N2O4S. The van der Waals surface area contributed by atoms with E-state index in [-0.39, 0.29) is 18.0 Å². The summed E-state index contributed by atoms with van der Waals surface area (Å²) < 4.78 is 32.4. The van der Waals surface area contributed by atoms with Crippen molar-refractivity contribution in [2.24, 2.45) is 0 Å². The van der Waals surface area contributed by atoms with Crippen molar-refractivity contribution in [1.29, 1.82) is 0 Å². The van der Waals surface area contributed by atoms with Gasteiger partial charge >= 0.3 is 0 Å². The van der Waals surface area contributed by atoms with Crippen LogP contribution < -0.4 is 5.32 Å². The third kappa shape index (κ3) is 4.64. The third-order valence-corrected chi connectivity index (χ3v) is 5.84. The average molecular weight is 384 g/mol. The lowest BCUT2D eigenvalue weighted by atomic mass is 10.2. The first kappa shape index (κ1) is 18.9. The van der Waals surface area contributed by atoms with Crippen molar-refractivity contribution in [1.82, 2.24) is 4.31 Å². The van der Waals surface area contributed by atoms with Gasteiger partial charge in [0.15, 0.2) is 0 Å². The molecule has 7 heteroatoms. The van der Waals surface area contributed by atoms with Crippen molar-refractivity contribution in [3.63, 3.8) is 0 Å². The minimum Gasteiger partial charge on any atom is -0.468 e. The van der Waals surface area contributed by atoms with Gasteiger partial charge in [-0.1, -0.05) is 36.4 Å². The molecule has 3 aromatic rings. The van der Waals surface area contributed by atoms with Gasteiger partial charge in [-0.3, -0.25) is 4.79 Å². The molecule has 0 radical (unpaired) electrons. The summed E-state index contributed by atoms with van der Waals surface area (Å²) in [7, 11) is -3.86. The number of carbonyl (C=O) groups is 1. The van der Waals surface area contributed by atoms with Gasteiger partial charge < -0.3 is 9.73 Å². The van der Waals surface area contributed by atoms with E-state index in [0.29, 0.717) is 11.4 Å². The largest absolute Gasteiger partial charge is 0.468 e. The molecule has 1 N–H and O–H groups in total. The van der Waals surface area contributed by atoms with Crippen molar-refractivity contribution in [3.8, 4) is 0 Å². The quantitative estimate of drug-likeness (QED) is 0.677. The second kappa shape index (κ2) is 8.20. The van der Waals surface area contributed by atoms with Gasteiger partial charge in [0.1, 0.15) is 5.76 Å². The van der Waals surface area contributed by atoms with Gasteiger partial charge in [-0.05, 0) is 42.8 Å².